The first-order chi connectivity index (χ1) is 9.24. The van der Waals surface area contributed by atoms with Crippen LogP contribution in [0.25, 0.3) is 27.5 Å². The molecule has 0 aliphatic rings. The maximum absolute atomic E-state index is 12.5. The number of hydrogen-bond donors (Lipinski definition) is 1. The lowest BCUT2D eigenvalue weighted by Crippen LogP contribution is -2.00. The predicted molar refractivity (Wildman–Crippen MR) is 72.6 cm³/mol. The second-order valence-corrected chi connectivity index (χ2v) is 4.47. The zero-order valence-electron chi connectivity index (χ0n) is 9.83. The molecule has 0 fully saturated rings. The van der Waals surface area contributed by atoms with Gasteiger partial charge in [-0.25, -0.2) is 0 Å². The fourth-order valence-electron chi connectivity index (χ4n) is 2.44. The fourth-order valence-corrected chi connectivity index (χ4v) is 2.44. The summed E-state index contributed by atoms with van der Waals surface area (Å²) in [7, 11) is 0. The van der Waals surface area contributed by atoms with E-state index in [4.69, 9.17) is 4.42 Å². The molecule has 1 aromatic carbocycles. The average molecular weight is 251 g/mol. The molecule has 1 N–H and O–H groups in total. The predicted octanol–water partition coefficient (Wildman–Crippen LogP) is 2.90. The number of benzene rings is 1. The largest absolute Gasteiger partial charge is 0.508 e. The Morgan fingerprint density at radius 1 is 1.11 bits per heavy atom. The van der Waals surface area contributed by atoms with Gasteiger partial charge in [0.25, 0.3) is 0 Å². The van der Waals surface area contributed by atoms with Crippen molar-refractivity contribution in [3.63, 3.8) is 0 Å². The maximum atomic E-state index is 12.5. The lowest BCUT2D eigenvalue weighted by atomic mass is 10.1. The van der Waals surface area contributed by atoms with Crippen LogP contribution < -0.4 is 5.43 Å². The Balaban J connectivity index is 2.34. The molecular formula is C15H9NO3. The van der Waals surface area contributed by atoms with E-state index in [1.807, 2.05) is 28.8 Å². The maximum Gasteiger partial charge on any atom is 0.202 e. The Morgan fingerprint density at radius 3 is 2.89 bits per heavy atom. The zero-order chi connectivity index (χ0) is 13.0. The summed E-state index contributed by atoms with van der Waals surface area (Å²) in [5, 5.41) is 10.5. The van der Waals surface area contributed by atoms with Gasteiger partial charge >= 0.3 is 0 Å². The minimum Gasteiger partial charge on any atom is -0.508 e. The second-order valence-electron chi connectivity index (χ2n) is 4.47. The minimum atomic E-state index is -0.0787. The Kier molecular flexibility index (Phi) is 1.82. The van der Waals surface area contributed by atoms with E-state index in [1.54, 1.807) is 12.3 Å². The number of pyridine rings is 1. The topological polar surface area (TPSA) is 54.8 Å². The molecule has 0 unspecified atom stereocenters. The molecule has 0 saturated carbocycles. The molecule has 19 heavy (non-hydrogen) atoms. The monoisotopic (exact) mass is 251 g/mol. The fraction of sp³-hybridized carbons (Fsp3) is 0. The number of hydrogen-bond acceptors (Lipinski definition) is 3. The summed E-state index contributed by atoms with van der Waals surface area (Å²) in [6.45, 7) is 0. The van der Waals surface area contributed by atoms with E-state index in [0.717, 1.165) is 5.52 Å². The van der Waals surface area contributed by atoms with Crippen LogP contribution in [0.15, 0.2) is 58.0 Å². The van der Waals surface area contributed by atoms with Gasteiger partial charge in [0.15, 0.2) is 5.58 Å². The van der Waals surface area contributed by atoms with Crippen LogP contribution in [0.5, 0.6) is 5.75 Å². The quantitative estimate of drug-likeness (QED) is 0.522. The van der Waals surface area contributed by atoms with Gasteiger partial charge in [0.2, 0.25) is 5.43 Å². The van der Waals surface area contributed by atoms with Crippen LogP contribution in [-0.4, -0.2) is 9.51 Å². The van der Waals surface area contributed by atoms with Crippen LogP contribution in [0, 0.1) is 0 Å². The molecule has 4 rings (SSSR count). The van der Waals surface area contributed by atoms with E-state index in [1.165, 1.54) is 12.1 Å². The molecule has 0 aliphatic carbocycles. The third-order valence-corrected chi connectivity index (χ3v) is 3.31. The van der Waals surface area contributed by atoms with Gasteiger partial charge in [0.1, 0.15) is 11.3 Å². The number of rotatable bonds is 0. The van der Waals surface area contributed by atoms with Gasteiger partial charge in [-0.15, -0.1) is 0 Å². The molecule has 0 amide bonds. The zero-order valence-corrected chi connectivity index (χ0v) is 9.83. The van der Waals surface area contributed by atoms with Crippen LogP contribution in [0.1, 0.15) is 0 Å². The molecule has 3 aromatic heterocycles. The van der Waals surface area contributed by atoms with Crippen LogP contribution in [0.2, 0.25) is 0 Å². The summed E-state index contributed by atoms with van der Waals surface area (Å²) >= 11 is 0. The summed E-state index contributed by atoms with van der Waals surface area (Å²) in [6.07, 6.45) is 3.64. The Labute approximate surface area is 107 Å². The minimum absolute atomic E-state index is 0.0787. The highest BCUT2D eigenvalue weighted by atomic mass is 16.3. The van der Waals surface area contributed by atoms with Crippen molar-refractivity contribution in [2.45, 2.75) is 0 Å². The Hall–Kier alpha value is -2.75. The molecule has 0 radical (unpaired) electrons. The Bertz CT molecular complexity index is 995. The van der Waals surface area contributed by atoms with E-state index in [0.29, 0.717) is 21.9 Å². The first kappa shape index (κ1) is 10.2. The molecule has 0 aliphatic heterocycles. The first-order valence-corrected chi connectivity index (χ1v) is 5.89. The SMILES string of the molecule is O=c1c2ccc(O)cc2oc2cn3ccccc3c12. The summed E-state index contributed by atoms with van der Waals surface area (Å²) in [5.41, 5.74) is 1.66. The first-order valence-electron chi connectivity index (χ1n) is 5.89. The number of phenols is 1. The highest BCUT2D eigenvalue weighted by molar-refractivity contribution is 5.99. The molecule has 3 heterocycles. The molecule has 0 saturated heterocycles. The van der Waals surface area contributed by atoms with Gasteiger partial charge in [0.05, 0.1) is 22.5 Å². The molecule has 0 spiro atoms. The molecule has 4 aromatic rings. The van der Waals surface area contributed by atoms with Crippen LogP contribution in [0.3, 0.4) is 0 Å². The van der Waals surface area contributed by atoms with Crippen molar-refractivity contribution in [2.24, 2.45) is 0 Å². The van der Waals surface area contributed by atoms with E-state index in [9.17, 15) is 9.90 Å². The van der Waals surface area contributed by atoms with Crippen molar-refractivity contribution in [2.75, 3.05) is 0 Å². The van der Waals surface area contributed by atoms with E-state index in [2.05, 4.69) is 0 Å². The smallest absolute Gasteiger partial charge is 0.202 e. The van der Waals surface area contributed by atoms with Gasteiger partial charge in [-0.05, 0) is 24.3 Å². The molecule has 4 nitrogen and oxygen atoms in total. The molecule has 0 atom stereocenters. The van der Waals surface area contributed by atoms with E-state index >= 15 is 0 Å². The van der Waals surface area contributed by atoms with Crippen LogP contribution in [-0.2, 0) is 0 Å². The van der Waals surface area contributed by atoms with Gasteiger partial charge in [-0.1, -0.05) is 6.07 Å². The molecule has 0 bridgehead atoms. The average Bonchev–Trinajstić information content (AvgIpc) is 2.76. The normalized spacial score (nSPS) is 11.6. The lowest BCUT2D eigenvalue weighted by Gasteiger charge is -1.98. The number of fused-ring (bicyclic) bond motifs is 4. The summed E-state index contributed by atoms with van der Waals surface area (Å²) in [4.78, 5) is 12.5. The van der Waals surface area contributed by atoms with Gasteiger partial charge < -0.3 is 13.9 Å². The van der Waals surface area contributed by atoms with Crippen molar-refractivity contribution < 1.29 is 9.52 Å². The highest BCUT2D eigenvalue weighted by Crippen LogP contribution is 2.25. The van der Waals surface area contributed by atoms with E-state index < -0.39 is 0 Å². The summed E-state index contributed by atoms with van der Waals surface area (Å²) in [5.74, 6) is 0.0822. The van der Waals surface area contributed by atoms with Gasteiger partial charge in [0, 0.05) is 12.3 Å². The lowest BCUT2D eigenvalue weighted by molar-refractivity contribution is 0.474. The van der Waals surface area contributed by atoms with Crippen molar-refractivity contribution >= 4 is 27.5 Å². The van der Waals surface area contributed by atoms with Gasteiger partial charge in [-0.2, -0.15) is 0 Å². The molecular weight excluding hydrogens is 242 g/mol. The number of aromatic hydroxyl groups is 1. The molecule has 92 valence electrons. The van der Waals surface area contributed by atoms with Crippen LogP contribution >= 0.6 is 0 Å². The van der Waals surface area contributed by atoms with Gasteiger partial charge in [-0.3, -0.25) is 4.79 Å². The Morgan fingerprint density at radius 2 is 2.00 bits per heavy atom. The van der Waals surface area contributed by atoms with Crippen molar-refractivity contribution in [1.82, 2.24) is 4.40 Å². The van der Waals surface area contributed by atoms with E-state index in [-0.39, 0.29) is 11.2 Å². The number of nitrogens with zero attached hydrogens (tertiary/aromatic N) is 1. The third kappa shape index (κ3) is 1.31. The van der Waals surface area contributed by atoms with Crippen molar-refractivity contribution in [3.05, 3.63) is 59.0 Å². The van der Waals surface area contributed by atoms with Crippen molar-refractivity contribution in [1.29, 1.82) is 0 Å². The summed E-state index contributed by atoms with van der Waals surface area (Å²) in [6, 6.07) is 10.2. The van der Waals surface area contributed by atoms with Crippen molar-refractivity contribution in [3.8, 4) is 5.75 Å². The second kappa shape index (κ2) is 3.38. The number of aromatic nitrogens is 1. The molecule has 4 heteroatoms. The third-order valence-electron chi connectivity index (χ3n) is 3.31. The highest BCUT2D eigenvalue weighted by Gasteiger charge is 2.12. The number of phenolic OH excluding ortho intramolecular Hbond substituents is 1. The standard InChI is InChI=1S/C15H9NO3/c17-9-4-5-10-12(7-9)19-13-8-16-6-2-1-3-11(16)14(13)15(10)18/h1-8,17H. The summed E-state index contributed by atoms with van der Waals surface area (Å²) < 4.78 is 7.57. The van der Waals surface area contributed by atoms with Crippen LogP contribution in [0.4, 0.5) is 0 Å².